The van der Waals surface area contributed by atoms with Gasteiger partial charge in [-0.3, -0.25) is 9.59 Å². The number of carbonyl (C=O) groups excluding carboxylic acids is 2. The van der Waals surface area contributed by atoms with E-state index in [0.29, 0.717) is 15.6 Å². The third-order valence-electron chi connectivity index (χ3n) is 3.56. The van der Waals surface area contributed by atoms with Crippen molar-refractivity contribution in [1.29, 1.82) is 0 Å². The van der Waals surface area contributed by atoms with Gasteiger partial charge in [0.25, 0.3) is 5.91 Å². The van der Waals surface area contributed by atoms with E-state index >= 15 is 0 Å². The summed E-state index contributed by atoms with van der Waals surface area (Å²) in [7, 11) is -3.92. The molecule has 2 aromatic rings. The first-order valence-electron chi connectivity index (χ1n) is 7.05. The highest BCUT2D eigenvalue weighted by Crippen LogP contribution is 2.24. The van der Waals surface area contributed by atoms with Crippen LogP contribution in [0, 0.1) is 5.82 Å². The van der Waals surface area contributed by atoms with Gasteiger partial charge in [-0.05, 0) is 35.9 Å². The zero-order valence-corrected chi connectivity index (χ0v) is 13.2. The number of amides is 2. The van der Waals surface area contributed by atoms with E-state index in [1.807, 2.05) is 0 Å². The van der Waals surface area contributed by atoms with Crippen molar-refractivity contribution in [2.24, 2.45) is 0 Å². The Morgan fingerprint density at radius 1 is 1.12 bits per heavy atom. The first-order valence-corrected chi connectivity index (χ1v) is 8.66. The fourth-order valence-corrected chi connectivity index (χ4v) is 3.89. The van der Waals surface area contributed by atoms with Crippen molar-refractivity contribution in [2.75, 3.05) is 11.9 Å². The topological polar surface area (TPSA) is 83.6 Å². The second kappa shape index (κ2) is 6.04. The molecule has 0 saturated heterocycles. The average molecular weight is 348 g/mol. The smallest absolute Gasteiger partial charge is 0.268 e. The number of benzene rings is 2. The Labute approximate surface area is 138 Å². The summed E-state index contributed by atoms with van der Waals surface area (Å²) in [5.41, 5.74) is 0.989. The number of sulfonamides is 1. The minimum absolute atomic E-state index is 0.266. The molecule has 0 bridgehead atoms. The maximum atomic E-state index is 12.8. The predicted octanol–water partition coefficient (Wildman–Crippen LogP) is 1.75. The summed E-state index contributed by atoms with van der Waals surface area (Å²) < 4.78 is 37.9. The standard InChI is InChI=1S/C16H13FN2O4S/c17-12-5-7-13(8-6-12)18-15(20)9-19-16(21)14-4-2-1-3-11(14)10-24(19,22)23/h1-8H,9-10H2,(H,18,20). The van der Waals surface area contributed by atoms with Crippen LogP contribution in [0.2, 0.25) is 0 Å². The quantitative estimate of drug-likeness (QED) is 0.916. The molecule has 0 atom stereocenters. The lowest BCUT2D eigenvalue weighted by molar-refractivity contribution is -0.116. The van der Waals surface area contributed by atoms with Crippen LogP contribution in [-0.4, -0.2) is 31.1 Å². The number of rotatable bonds is 3. The summed E-state index contributed by atoms with van der Waals surface area (Å²) in [4.78, 5) is 24.4. The Hall–Kier alpha value is -2.74. The fourth-order valence-electron chi connectivity index (χ4n) is 2.42. The molecule has 2 aromatic carbocycles. The van der Waals surface area contributed by atoms with E-state index in [4.69, 9.17) is 0 Å². The maximum absolute atomic E-state index is 12.8. The zero-order valence-electron chi connectivity index (χ0n) is 12.4. The van der Waals surface area contributed by atoms with Crippen molar-refractivity contribution >= 4 is 27.5 Å². The van der Waals surface area contributed by atoms with Crippen molar-refractivity contribution in [3.63, 3.8) is 0 Å². The largest absolute Gasteiger partial charge is 0.325 e. The van der Waals surface area contributed by atoms with Crippen LogP contribution in [0.4, 0.5) is 10.1 Å². The number of hydrogen-bond donors (Lipinski definition) is 1. The molecule has 24 heavy (non-hydrogen) atoms. The SMILES string of the molecule is O=C(CN1C(=O)c2ccccc2CS1(=O)=O)Nc1ccc(F)cc1. The van der Waals surface area contributed by atoms with Gasteiger partial charge in [0.05, 0.1) is 5.75 Å². The van der Waals surface area contributed by atoms with E-state index in [1.54, 1.807) is 18.2 Å². The summed E-state index contributed by atoms with van der Waals surface area (Å²) in [5.74, 6) is -2.21. The van der Waals surface area contributed by atoms with Crippen molar-refractivity contribution in [3.05, 3.63) is 65.5 Å². The van der Waals surface area contributed by atoms with Gasteiger partial charge in [0.1, 0.15) is 12.4 Å². The minimum Gasteiger partial charge on any atom is -0.325 e. The van der Waals surface area contributed by atoms with Gasteiger partial charge in [0.2, 0.25) is 15.9 Å². The summed E-state index contributed by atoms with van der Waals surface area (Å²) in [5, 5.41) is 2.43. The summed E-state index contributed by atoms with van der Waals surface area (Å²) in [6.45, 7) is -0.632. The van der Waals surface area contributed by atoms with Gasteiger partial charge < -0.3 is 5.32 Å². The number of nitrogens with zero attached hydrogens (tertiary/aromatic N) is 1. The Kier molecular flexibility index (Phi) is 4.06. The van der Waals surface area contributed by atoms with Gasteiger partial charge in [-0.15, -0.1) is 0 Å². The fraction of sp³-hybridized carbons (Fsp3) is 0.125. The van der Waals surface area contributed by atoms with Gasteiger partial charge in [0.15, 0.2) is 0 Å². The van der Waals surface area contributed by atoms with Gasteiger partial charge in [-0.25, -0.2) is 17.1 Å². The molecular weight excluding hydrogens is 335 g/mol. The van der Waals surface area contributed by atoms with Crippen molar-refractivity contribution in [3.8, 4) is 0 Å². The number of anilines is 1. The summed E-state index contributed by atoms with van der Waals surface area (Å²) in [6.07, 6.45) is 0. The normalized spacial score (nSPS) is 15.7. The van der Waals surface area contributed by atoms with Gasteiger partial charge in [-0.1, -0.05) is 18.2 Å². The number of carbonyl (C=O) groups is 2. The van der Waals surface area contributed by atoms with Crippen LogP contribution in [0.3, 0.4) is 0 Å². The minimum atomic E-state index is -3.92. The second-order valence-corrected chi connectivity index (χ2v) is 7.17. The molecule has 0 radical (unpaired) electrons. The van der Waals surface area contributed by atoms with E-state index in [9.17, 15) is 22.4 Å². The molecule has 8 heteroatoms. The highest BCUT2D eigenvalue weighted by Gasteiger charge is 2.36. The second-order valence-electron chi connectivity index (χ2n) is 5.28. The molecule has 3 rings (SSSR count). The molecule has 1 heterocycles. The van der Waals surface area contributed by atoms with Crippen LogP contribution in [0.5, 0.6) is 0 Å². The van der Waals surface area contributed by atoms with Crippen molar-refractivity contribution in [1.82, 2.24) is 4.31 Å². The highest BCUT2D eigenvalue weighted by molar-refractivity contribution is 7.89. The molecule has 6 nitrogen and oxygen atoms in total. The third-order valence-corrected chi connectivity index (χ3v) is 5.21. The zero-order chi connectivity index (χ0) is 17.3. The van der Waals surface area contributed by atoms with E-state index in [-0.39, 0.29) is 11.3 Å². The monoisotopic (exact) mass is 348 g/mol. The average Bonchev–Trinajstić information content (AvgIpc) is 2.53. The lowest BCUT2D eigenvalue weighted by Gasteiger charge is -2.27. The van der Waals surface area contributed by atoms with Crippen molar-refractivity contribution < 1.29 is 22.4 Å². The van der Waals surface area contributed by atoms with Gasteiger partial charge >= 0.3 is 0 Å². The van der Waals surface area contributed by atoms with Crippen molar-refractivity contribution in [2.45, 2.75) is 5.75 Å². The van der Waals surface area contributed by atoms with Crippen LogP contribution in [0.25, 0.3) is 0 Å². The molecule has 1 N–H and O–H groups in total. The lowest BCUT2D eigenvalue weighted by Crippen LogP contribution is -2.45. The number of fused-ring (bicyclic) bond motifs is 1. The van der Waals surface area contributed by atoms with Gasteiger partial charge in [-0.2, -0.15) is 0 Å². The highest BCUT2D eigenvalue weighted by atomic mass is 32.2. The molecule has 1 aliphatic rings. The summed E-state index contributed by atoms with van der Waals surface area (Å²) >= 11 is 0. The first kappa shape index (κ1) is 16.1. The van der Waals surface area contributed by atoms with Crippen LogP contribution in [-0.2, 0) is 20.6 Å². The van der Waals surface area contributed by atoms with Gasteiger partial charge in [0, 0.05) is 11.3 Å². The van der Waals surface area contributed by atoms with E-state index < -0.39 is 34.2 Å². The Morgan fingerprint density at radius 3 is 2.50 bits per heavy atom. The Balaban J connectivity index is 1.80. The molecule has 0 fully saturated rings. The van der Waals surface area contributed by atoms with Crippen LogP contribution in [0.15, 0.2) is 48.5 Å². The molecule has 0 unspecified atom stereocenters. The van der Waals surface area contributed by atoms with E-state index in [2.05, 4.69) is 5.32 Å². The molecule has 0 aromatic heterocycles. The Morgan fingerprint density at radius 2 is 1.79 bits per heavy atom. The van der Waals surface area contributed by atoms with E-state index in [0.717, 1.165) is 12.1 Å². The predicted molar refractivity (Wildman–Crippen MR) is 85.1 cm³/mol. The lowest BCUT2D eigenvalue weighted by atomic mass is 10.1. The van der Waals surface area contributed by atoms with Crippen LogP contribution >= 0.6 is 0 Å². The molecule has 124 valence electrons. The van der Waals surface area contributed by atoms with E-state index in [1.165, 1.54) is 18.2 Å². The maximum Gasteiger partial charge on any atom is 0.268 e. The molecule has 0 aliphatic carbocycles. The molecule has 0 spiro atoms. The molecule has 1 aliphatic heterocycles. The Bertz CT molecular complexity index is 910. The molecular formula is C16H13FN2O4S. The van der Waals surface area contributed by atoms with Crippen LogP contribution in [0.1, 0.15) is 15.9 Å². The molecule has 2 amide bonds. The number of halogens is 1. The van der Waals surface area contributed by atoms with Crippen LogP contribution < -0.4 is 5.32 Å². The number of nitrogens with one attached hydrogen (secondary N) is 1. The number of hydrogen-bond acceptors (Lipinski definition) is 4. The summed E-state index contributed by atoms with van der Waals surface area (Å²) in [6, 6.07) is 11.4. The molecule has 0 saturated carbocycles. The third kappa shape index (κ3) is 3.13. The first-order chi connectivity index (χ1) is 11.4.